The molecule has 0 aliphatic heterocycles. The average molecular weight is 373 g/mol. The maximum absolute atomic E-state index is 12.2. The van der Waals surface area contributed by atoms with Gasteiger partial charge in [-0.1, -0.05) is 17.7 Å². The molecule has 0 saturated heterocycles. The molecule has 4 nitrogen and oxygen atoms in total. The lowest BCUT2D eigenvalue weighted by atomic mass is 10.2. The molecular formula is C17H16ClF3N2O2. The van der Waals surface area contributed by atoms with Crippen molar-refractivity contribution in [1.82, 2.24) is 0 Å². The number of anilines is 2. The smallest absolute Gasteiger partial charge is 0.406 e. The number of ether oxygens (including phenoxy) is 1. The largest absolute Gasteiger partial charge is 0.573 e. The number of nitrogens with one attached hydrogen (secondary N) is 2. The second kappa shape index (κ2) is 7.65. The van der Waals surface area contributed by atoms with Crippen molar-refractivity contribution in [2.24, 2.45) is 0 Å². The van der Waals surface area contributed by atoms with Gasteiger partial charge in [0.1, 0.15) is 11.8 Å². The lowest BCUT2D eigenvalue weighted by Crippen LogP contribution is -2.32. The molecule has 8 heteroatoms. The Morgan fingerprint density at radius 3 is 2.40 bits per heavy atom. The summed E-state index contributed by atoms with van der Waals surface area (Å²) in [4.78, 5) is 12.2. The highest BCUT2D eigenvalue weighted by molar-refractivity contribution is 6.31. The molecule has 0 fully saturated rings. The molecule has 0 saturated carbocycles. The van der Waals surface area contributed by atoms with Crippen LogP contribution in [0.25, 0.3) is 0 Å². The Morgan fingerprint density at radius 1 is 1.16 bits per heavy atom. The Kier molecular flexibility index (Phi) is 5.79. The van der Waals surface area contributed by atoms with Gasteiger partial charge < -0.3 is 15.4 Å². The van der Waals surface area contributed by atoms with E-state index in [2.05, 4.69) is 15.4 Å². The summed E-state index contributed by atoms with van der Waals surface area (Å²) in [6.07, 6.45) is -4.74. The number of benzene rings is 2. The molecule has 0 bridgehead atoms. The number of amides is 1. The van der Waals surface area contributed by atoms with Crippen LogP contribution in [0, 0.1) is 6.92 Å². The number of carbonyl (C=O) groups is 1. The summed E-state index contributed by atoms with van der Waals surface area (Å²) in [5.74, 6) is -0.634. The van der Waals surface area contributed by atoms with Gasteiger partial charge in [0, 0.05) is 16.4 Å². The number of hydrogen-bond acceptors (Lipinski definition) is 3. The number of carbonyl (C=O) groups excluding carboxylic acids is 1. The Hall–Kier alpha value is -2.41. The summed E-state index contributed by atoms with van der Waals surface area (Å²) in [6.45, 7) is 3.42. The Balaban J connectivity index is 1.98. The summed E-state index contributed by atoms with van der Waals surface area (Å²) in [5.41, 5.74) is 1.83. The molecule has 2 N–H and O–H groups in total. The van der Waals surface area contributed by atoms with Crippen molar-refractivity contribution in [1.29, 1.82) is 0 Å². The first-order valence-corrected chi connectivity index (χ1v) is 7.72. The van der Waals surface area contributed by atoms with Crippen LogP contribution >= 0.6 is 11.6 Å². The summed E-state index contributed by atoms with van der Waals surface area (Å²) in [6, 6.07) is 9.69. The molecule has 0 heterocycles. The average Bonchev–Trinajstić information content (AvgIpc) is 2.52. The van der Waals surface area contributed by atoms with Gasteiger partial charge in [0.15, 0.2) is 0 Å². The Morgan fingerprint density at radius 2 is 1.80 bits per heavy atom. The SMILES string of the molecule is Cc1c(Cl)cccc1NC(=O)[C@@H](C)Nc1ccc(OC(F)(F)F)cc1. The minimum atomic E-state index is -4.74. The van der Waals surface area contributed by atoms with Crippen molar-refractivity contribution < 1.29 is 22.7 Å². The monoisotopic (exact) mass is 372 g/mol. The van der Waals surface area contributed by atoms with E-state index in [-0.39, 0.29) is 11.7 Å². The molecule has 2 rings (SSSR count). The van der Waals surface area contributed by atoms with Crippen molar-refractivity contribution in [3.8, 4) is 5.75 Å². The van der Waals surface area contributed by atoms with Crippen molar-refractivity contribution in [2.45, 2.75) is 26.3 Å². The highest BCUT2D eigenvalue weighted by Crippen LogP contribution is 2.25. The maximum atomic E-state index is 12.2. The molecule has 1 atom stereocenters. The summed E-state index contributed by atoms with van der Waals surface area (Å²) >= 11 is 6.01. The summed E-state index contributed by atoms with van der Waals surface area (Å²) in [5, 5.41) is 6.20. The van der Waals surface area contributed by atoms with Crippen molar-refractivity contribution >= 4 is 28.9 Å². The molecule has 134 valence electrons. The highest BCUT2D eigenvalue weighted by Gasteiger charge is 2.31. The van der Waals surface area contributed by atoms with Crippen LogP contribution in [0.1, 0.15) is 12.5 Å². The zero-order chi connectivity index (χ0) is 18.6. The van der Waals surface area contributed by atoms with E-state index in [9.17, 15) is 18.0 Å². The van der Waals surface area contributed by atoms with E-state index in [0.29, 0.717) is 16.4 Å². The normalized spacial score (nSPS) is 12.4. The molecule has 2 aromatic carbocycles. The fourth-order valence-corrected chi connectivity index (χ4v) is 2.23. The predicted molar refractivity (Wildman–Crippen MR) is 91.0 cm³/mol. The van der Waals surface area contributed by atoms with Crippen molar-refractivity contribution in [3.63, 3.8) is 0 Å². The van der Waals surface area contributed by atoms with Crippen molar-refractivity contribution in [2.75, 3.05) is 10.6 Å². The van der Waals surface area contributed by atoms with Gasteiger partial charge in [-0.3, -0.25) is 4.79 Å². The van der Waals surface area contributed by atoms with Crippen LogP contribution in [0.4, 0.5) is 24.5 Å². The van der Waals surface area contributed by atoms with E-state index >= 15 is 0 Å². The van der Waals surface area contributed by atoms with Gasteiger partial charge in [-0.05, 0) is 55.8 Å². The van der Waals surface area contributed by atoms with Crippen LogP contribution in [-0.2, 0) is 4.79 Å². The first-order valence-electron chi connectivity index (χ1n) is 7.34. The second-order valence-electron chi connectivity index (χ2n) is 5.34. The van der Waals surface area contributed by atoms with Gasteiger partial charge in [0.25, 0.3) is 0 Å². The molecule has 0 aliphatic carbocycles. The first-order chi connectivity index (χ1) is 11.7. The van der Waals surface area contributed by atoms with Gasteiger partial charge in [0.2, 0.25) is 5.91 Å². The predicted octanol–water partition coefficient (Wildman–Crippen LogP) is 4.99. The highest BCUT2D eigenvalue weighted by atomic mass is 35.5. The third-order valence-electron chi connectivity index (χ3n) is 3.39. The molecule has 1 amide bonds. The number of alkyl halides is 3. The van der Waals surface area contributed by atoms with Crippen LogP contribution in [0.15, 0.2) is 42.5 Å². The minimum absolute atomic E-state index is 0.305. The van der Waals surface area contributed by atoms with E-state index in [0.717, 1.165) is 5.56 Å². The summed E-state index contributed by atoms with van der Waals surface area (Å²) < 4.78 is 40.2. The third kappa shape index (κ3) is 5.56. The molecule has 0 aromatic heterocycles. The second-order valence-corrected chi connectivity index (χ2v) is 5.75. The first kappa shape index (κ1) is 18.9. The maximum Gasteiger partial charge on any atom is 0.573 e. The minimum Gasteiger partial charge on any atom is -0.406 e. The van der Waals surface area contributed by atoms with E-state index in [4.69, 9.17) is 11.6 Å². The summed E-state index contributed by atoms with van der Waals surface area (Å²) in [7, 11) is 0. The topological polar surface area (TPSA) is 50.4 Å². The molecule has 0 spiro atoms. The molecular weight excluding hydrogens is 357 g/mol. The lowest BCUT2D eigenvalue weighted by Gasteiger charge is -2.17. The van der Waals surface area contributed by atoms with Crippen LogP contribution < -0.4 is 15.4 Å². The molecule has 0 unspecified atom stereocenters. The number of rotatable bonds is 5. The number of hydrogen-bond donors (Lipinski definition) is 2. The van der Waals surface area contributed by atoms with Crippen LogP contribution in [0.2, 0.25) is 5.02 Å². The Bertz CT molecular complexity index is 749. The van der Waals surface area contributed by atoms with E-state index < -0.39 is 12.4 Å². The van der Waals surface area contributed by atoms with Crippen LogP contribution in [0.3, 0.4) is 0 Å². The molecule has 2 aromatic rings. The number of halogens is 4. The van der Waals surface area contributed by atoms with E-state index in [1.165, 1.54) is 24.3 Å². The zero-order valence-electron chi connectivity index (χ0n) is 13.4. The molecule has 0 aliphatic rings. The lowest BCUT2D eigenvalue weighted by molar-refractivity contribution is -0.274. The van der Waals surface area contributed by atoms with Gasteiger partial charge >= 0.3 is 6.36 Å². The van der Waals surface area contributed by atoms with Gasteiger partial charge in [-0.15, -0.1) is 13.2 Å². The van der Waals surface area contributed by atoms with Gasteiger partial charge in [0.05, 0.1) is 0 Å². The van der Waals surface area contributed by atoms with Crippen molar-refractivity contribution in [3.05, 3.63) is 53.1 Å². The van der Waals surface area contributed by atoms with E-state index in [1.807, 2.05) is 0 Å². The van der Waals surface area contributed by atoms with E-state index in [1.54, 1.807) is 32.0 Å². The molecule has 25 heavy (non-hydrogen) atoms. The van der Waals surface area contributed by atoms with Crippen LogP contribution in [-0.4, -0.2) is 18.3 Å². The molecule has 0 radical (unpaired) electrons. The standard InChI is InChI=1S/C17H16ClF3N2O2/c1-10-14(18)4-3-5-15(10)23-16(24)11(2)22-12-6-8-13(9-7-12)25-17(19,20)21/h3-9,11,22H,1-2H3,(H,23,24)/t11-/m1/s1. The quantitative estimate of drug-likeness (QED) is 0.777. The fourth-order valence-electron chi connectivity index (χ4n) is 2.05. The van der Waals surface area contributed by atoms with Gasteiger partial charge in [-0.2, -0.15) is 0 Å². The Labute approximate surface area is 147 Å². The fraction of sp³-hybridized carbons (Fsp3) is 0.235. The third-order valence-corrected chi connectivity index (χ3v) is 3.80. The van der Waals surface area contributed by atoms with Gasteiger partial charge in [-0.25, -0.2) is 0 Å². The zero-order valence-corrected chi connectivity index (χ0v) is 14.2. The van der Waals surface area contributed by atoms with Crippen LogP contribution in [0.5, 0.6) is 5.75 Å².